The number of halogens is 3. The van der Waals surface area contributed by atoms with Crippen molar-refractivity contribution >= 4 is 22.1 Å². The van der Waals surface area contributed by atoms with Crippen molar-refractivity contribution in [1.29, 1.82) is 0 Å². The molecule has 0 spiro atoms. The predicted molar refractivity (Wildman–Crippen MR) is 49.5 cm³/mol. The van der Waals surface area contributed by atoms with Gasteiger partial charge in [0, 0.05) is 5.56 Å². The summed E-state index contributed by atoms with van der Waals surface area (Å²) in [5.74, 6) is -1.25. The van der Waals surface area contributed by atoms with Crippen LogP contribution in [0.5, 0.6) is 0 Å². The lowest BCUT2D eigenvalue weighted by Crippen LogP contribution is -2.72. The van der Waals surface area contributed by atoms with Crippen molar-refractivity contribution in [2.45, 2.75) is 0 Å². The van der Waals surface area contributed by atoms with E-state index in [1.807, 2.05) is 0 Å². The van der Waals surface area contributed by atoms with Crippen molar-refractivity contribution in [1.82, 2.24) is 0 Å². The van der Waals surface area contributed by atoms with Gasteiger partial charge in [0.05, 0.1) is 17.7 Å². The van der Waals surface area contributed by atoms with Gasteiger partial charge in [0.15, 0.2) is 0 Å². The van der Waals surface area contributed by atoms with E-state index in [-0.39, 0.29) is 10.0 Å². The highest BCUT2D eigenvalue weighted by molar-refractivity contribution is 9.10. The zero-order chi connectivity index (χ0) is 9.84. The van der Waals surface area contributed by atoms with Crippen LogP contribution < -0.4 is 5.43 Å². The molecule has 0 fully saturated rings. The number of hydrogen-bond donors (Lipinski definition) is 1. The number of nitrogens with zero attached hydrogens (tertiary/aromatic N) is 1. The van der Waals surface area contributed by atoms with Gasteiger partial charge in [-0.05, 0) is 28.1 Å². The summed E-state index contributed by atoms with van der Waals surface area (Å²) < 4.78 is 25.8. The molecule has 0 aliphatic rings. The molecule has 0 radical (unpaired) electrons. The van der Waals surface area contributed by atoms with Gasteiger partial charge in [-0.2, -0.15) is 0 Å². The maximum atomic E-state index is 13.2. The molecule has 1 rings (SSSR count). The molecule has 13 heavy (non-hydrogen) atoms. The Balaban J connectivity index is 3.11. The van der Waals surface area contributed by atoms with Crippen molar-refractivity contribution < 1.29 is 14.2 Å². The fourth-order valence-corrected chi connectivity index (χ4v) is 1.16. The monoisotopic (exact) mass is 249 g/mol. The molecule has 0 unspecified atom stereocenters. The van der Waals surface area contributed by atoms with Crippen LogP contribution in [-0.2, 0) is 0 Å². The molecule has 0 atom stereocenters. The van der Waals surface area contributed by atoms with E-state index in [0.29, 0.717) is 0 Å². The lowest BCUT2D eigenvalue weighted by Gasteiger charge is -1.98. The van der Waals surface area contributed by atoms with Crippen LogP contribution in [0.15, 0.2) is 21.7 Å². The molecule has 70 valence electrons. The van der Waals surface area contributed by atoms with Crippen LogP contribution in [0.2, 0.25) is 0 Å². The molecule has 5 heteroatoms. The van der Waals surface area contributed by atoms with Crippen molar-refractivity contribution in [2.75, 3.05) is 7.05 Å². The van der Waals surface area contributed by atoms with Crippen LogP contribution in [-0.4, -0.2) is 13.3 Å². The van der Waals surface area contributed by atoms with Gasteiger partial charge in [-0.25, -0.2) is 14.2 Å². The van der Waals surface area contributed by atoms with Gasteiger partial charge in [-0.3, -0.25) is 0 Å². The quantitative estimate of drug-likeness (QED) is 0.354. The molecule has 1 aromatic carbocycles. The van der Waals surface area contributed by atoms with Crippen LogP contribution in [0.1, 0.15) is 5.56 Å². The van der Waals surface area contributed by atoms with Crippen LogP contribution in [0, 0.1) is 11.6 Å². The van der Waals surface area contributed by atoms with Crippen molar-refractivity contribution in [3.8, 4) is 0 Å². The highest BCUT2D eigenvalue weighted by Gasteiger charge is 2.09. The molecule has 0 aromatic heterocycles. The van der Waals surface area contributed by atoms with E-state index in [4.69, 9.17) is 0 Å². The van der Waals surface area contributed by atoms with Gasteiger partial charge in [0.1, 0.15) is 11.6 Å². The summed E-state index contributed by atoms with van der Waals surface area (Å²) in [6.07, 6.45) is 1.33. The first-order chi connectivity index (χ1) is 6.16. The largest absolute Gasteiger partial charge is 0.223 e. The molecular weight excluding hydrogens is 242 g/mol. The minimum Gasteiger partial charge on any atom is -0.223 e. The molecule has 2 nitrogen and oxygen atoms in total. The summed E-state index contributed by atoms with van der Waals surface area (Å²) in [4.78, 5) is 0. The zero-order valence-corrected chi connectivity index (χ0v) is 8.48. The van der Waals surface area contributed by atoms with Crippen LogP contribution in [0.25, 0.3) is 0 Å². The Hall–Kier alpha value is -0.810. The Bertz CT molecular complexity index is 339. The number of nitrogens with two attached hydrogens (primary N) is 1. The standard InChI is InChI=1S/C8H7BrF2N2/c1-12-13-4-5-2-3-6(10)7(9)8(5)11/h2-4,12H,1H3/p+1/b13-4+. The molecule has 0 aliphatic carbocycles. The van der Waals surface area contributed by atoms with Gasteiger partial charge in [0.25, 0.3) is 0 Å². The van der Waals surface area contributed by atoms with E-state index >= 15 is 0 Å². The average molecular weight is 250 g/mol. The summed E-state index contributed by atoms with van der Waals surface area (Å²) in [6.45, 7) is 0. The molecule has 0 heterocycles. The number of rotatable bonds is 2. The van der Waals surface area contributed by atoms with Gasteiger partial charge in [-0.15, -0.1) is 0 Å². The molecule has 1 aromatic rings. The second-order valence-electron chi connectivity index (χ2n) is 2.30. The van der Waals surface area contributed by atoms with Crippen LogP contribution in [0.3, 0.4) is 0 Å². The Morgan fingerprint density at radius 1 is 1.46 bits per heavy atom. The first kappa shape index (κ1) is 10.3. The maximum Gasteiger partial charge on any atom is 0.149 e. The van der Waals surface area contributed by atoms with E-state index in [1.165, 1.54) is 23.8 Å². The Morgan fingerprint density at radius 3 is 2.77 bits per heavy atom. The minimum absolute atomic E-state index is 0.160. The molecule has 0 amide bonds. The topological polar surface area (TPSA) is 29.0 Å². The number of hydrogen-bond acceptors (Lipinski definition) is 1. The fourth-order valence-electron chi connectivity index (χ4n) is 0.795. The Morgan fingerprint density at radius 2 is 2.15 bits per heavy atom. The zero-order valence-electron chi connectivity index (χ0n) is 6.89. The lowest BCUT2D eigenvalue weighted by molar-refractivity contribution is -0.632. The molecule has 2 N–H and O–H groups in total. The lowest BCUT2D eigenvalue weighted by atomic mass is 10.2. The van der Waals surface area contributed by atoms with E-state index in [0.717, 1.165) is 0 Å². The van der Waals surface area contributed by atoms with Crippen LogP contribution in [0.4, 0.5) is 8.78 Å². The van der Waals surface area contributed by atoms with Crippen molar-refractivity contribution in [3.63, 3.8) is 0 Å². The first-order valence-corrected chi connectivity index (χ1v) is 4.40. The minimum atomic E-state index is -0.634. The summed E-state index contributed by atoms with van der Waals surface area (Å²) in [5.41, 5.74) is 1.78. The van der Waals surface area contributed by atoms with Crippen molar-refractivity contribution in [3.05, 3.63) is 33.8 Å². The summed E-state index contributed by atoms with van der Waals surface area (Å²) in [7, 11) is 1.72. The first-order valence-electron chi connectivity index (χ1n) is 3.61. The highest BCUT2D eigenvalue weighted by Crippen LogP contribution is 2.21. The second-order valence-corrected chi connectivity index (χ2v) is 3.09. The molecule has 0 bridgehead atoms. The van der Waals surface area contributed by atoms with E-state index < -0.39 is 11.6 Å². The number of benzene rings is 1. The van der Waals surface area contributed by atoms with Gasteiger partial charge < -0.3 is 0 Å². The van der Waals surface area contributed by atoms with Gasteiger partial charge in [-0.1, -0.05) is 5.10 Å². The highest BCUT2D eigenvalue weighted by atomic mass is 79.9. The molecule has 0 aliphatic heterocycles. The number of quaternary nitrogens is 1. The van der Waals surface area contributed by atoms with Gasteiger partial charge >= 0.3 is 0 Å². The maximum absolute atomic E-state index is 13.2. The molecule has 0 saturated carbocycles. The summed E-state index contributed by atoms with van der Waals surface area (Å²) in [6, 6.07) is 2.52. The average Bonchev–Trinajstić information content (AvgIpc) is 2.13. The van der Waals surface area contributed by atoms with E-state index in [2.05, 4.69) is 21.0 Å². The predicted octanol–water partition coefficient (Wildman–Crippen LogP) is 1.25. The molecule has 0 saturated heterocycles. The van der Waals surface area contributed by atoms with Gasteiger partial charge in [0.2, 0.25) is 0 Å². The summed E-state index contributed by atoms with van der Waals surface area (Å²) >= 11 is 2.80. The third kappa shape index (κ3) is 2.32. The normalized spacial score (nSPS) is 11.1. The second kappa shape index (κ2) is 4.43. The third-order valence-corrected chi connectivity index (χ3v) is 2.15. The SMILES string of the molecule is C[NH2+]/N=C/c1ccc(F)c(Br)c1F. The Kier molecular flexibility index (Phi) is 3.50. The van der Waals surface area contributed by atoms with E-state index in [1.54, 1.807) is 7.05 Å². The fraction of sp³-hybridized carbons (Fsp3) is 0.125. The van der Waals surface area contributed by atoms with Crippen LogP contribution >= 0.6 is 15.9 Å². The molecular formula is C8H8BrF2N2+. The third-order valence-electron chi connectivity index (χ3n) is 1.43. The smallest absolute Gasteiger partial charge is 0.149 e. The van der Waals surface area contributed by atoms with E-state index in [9.17, 15) is 8.78 Å². The Labute approximate surface area is 82.8 Å². The summed E-state index contributed by atoms with van der Waals surface area (Å²) in [5, 5.41) is 3.74. The van der Waals surface area contributed by atoms with Crippen molar-refractivity contribution in [2.24, 2.45) is 5.10 Å².